The number of nitrogens with one attached hydrogen (secondary N) is 1. The topological polar surface area (TPSA) is 54.3 Å². The summed E-state index contributed by atoms with van der Waals surface area (Å²) in [6.07, 6.45) is 6.30. The summed E-state index contributed by atoms with van der Waals surface area (Å²) in [6, 6.07) is 8.42. The Labute approximate surface area is 137 Å². The van der Waals surface area contributed by atoms with Crippen molar-refractivity contribution in [2.75, 3.05) is 24.2 Å². The van der Waals surface area contributed by atoms with E-state index in [4.69, 9.17) is 0 Å². The Bertz CT molecular complexity index is 850. The van der Waals surface area contributed by atoms with Crippen molar-refractivity contribution in [1.29, 1.82) is 0 Å². The first-order valence-electron chi connectivity index (χ1n) is 7.86. The summed E-state index contributed by atoms with van der Waals surface area (Å²) < 4.78 is 24.8. The van der Waals surface area contributed by atoms with Crippen molar-refractivity contribution in [3.63, 3.8) is 0 Å². The minimum Gasteiger partial charge on any atom is -0.297 e. The number of para-hydroxylation sites is 1. The van der Waals surface area contributed by atoms with Gasteiger partial charge in [-0.1, -0.05) is 24.3 Å². The molecule has 1 aromatic heterocycles. The lowest BCUT2D eigenvalue weighted by Crippen LogP contribution is -2.34. The van der Waals surface area contributed by atoms with Gasteiger partial charge >= 0.3 is 0 Å². The van der Waals surface area contributed by atoms with Gasteiger partial charge in [0.15, 0.2) is 0 Å². The number of fused-ring (bicyclic) bond motifs is 1. The minimum absolute atomic E-state index is 0.543. The zero-order valence-electron chi connectivity index (χ0n) is 13.8. The highest BCUT2D eigenvalue weighted by molar-refractivity contribution is 7.91. The first kappa shape index (κ1) is 16.1. The molecule has 2 heterocycles. The van der Waals surface area contributed by atoms with Crippen LogP contribution < -0.4 is 4.83 Å². The molecule has 0 atom stereocenters. The zero-order valence-corrected chi connectivity index (χ0v) is 14.6. The van der Waals surface area contributed by atoms with E-state index in [1.165, 1.54) is 11.8 Å². The summed E-state index contributed by atoms with van der Waals surface area (Å²) >= 11 is 0. The van der Waals surface area contributed by atoms with Crippen molar-refractivity contribution in [2.45, 2.75) is 26.3 Å². The fraction of sp³-hybridized carbons (Fsp3) is 0.412. The van der Waals surface area contributed by atoms with Gasteiger partial charge in [-0.25, -0.2) is 13.2 Å². The monoisotopic (exact) mass is 333 g/mol. The van der Waals surface area contributed by atoms with Gasteiger partial charge in [-0.2, -0.15) is 0 Å². The maximum absolute atomic E-state index is 11.6. The molecule has 1 N–H and O–H groups in total. The molecule has 1 aliphatic heterocycles. The molecule has 0 amide bonds. The zero-order chi connectivity index (χ0) is 16.6. The average molecular weight is 333 g/mol. The predicted molar refractivity (Wildman–Crippen MR) is 95.4 cm³/mol. The summed E-state index contributed by atoms with van der Waals surface area (Å²) in [7, 11) is -3.32. The fourth-order valence-corrected chi connectivity index (χ4v) is 3.60. The molecule has 0 fully saturated rings. The fourth-order valence-electron chi connectivity index (χ4n) is 3.09. The second-order valence-electron chi connectivity index (χ2n) is 6.36. The number of rotatable bonds is 4. The molecule has 1 aromatic carbocycles. The number of hydrogen-bond acceptors (Lipinski definition) is 3. The van der Waals surface area contributed by atoms with Crippen LogP contribution in [0.2, 0.25) is 0 Å². The molecule has 0 radical (unpaired) electrons. The van der Waals surface area contributed by atoms with Crippen molar-refractivity contribution in [3.8, 4) is 0 Å². The highest BCUT2D eigenvalue weighted by Gasteiger charge is 2.19. The molecule has 0 saturated carbocycles. The van der Waals surface area contributed by atoms with Crippen LogP contribution in [0.15, 0.2) is 36.5 Å². The summed E-state index contributed by atoms with van der Waals surface area (Å²) in [4.78, 5) is 4.99. The molecule has 124 valence electrons. The first-order chi connectivity index (χ1) is 10.8. The predicted octanol–water partition coefficient (Wildman–Crippen LogP) is 2.64. The lowest BCUT2D eigenvalue weighted by molar-refractivity contribution is 0.245. The van der Waals surface area contributed by atoms with Gasteiger partial charge in [-0.3, -0.25) is 9.58 Å². The summed E-state index contributed by atoms with van der Waals surface area (Å²) in [6.45, 7) is 6.38. The van der Waals surface area contributed by atoms with E-state index in [9.17, 15) is 8.42 Å². The Morgan fingerprint density at radius 1 is 1.22 bits per heavy atom. The van der Waals surface area contributed by atoms with Gasteiger partial charge in [-0.05, 0) is 31.9 Å². The molecule has 1 aliphatic rings. The normalized spacial score (nSPS) is 16.8. The Morgan fingerprint density at radius 3 is 2.57 bits per heavy atom. The quantitative estimate of drug-likeness (QED) is 0.936. The minimum atomic E-state index is -3.32. The van der Waals surface area contributed by atoms with Crippen molar-refractivity contribution < 1.29 is 8.42 Å². The molecule has 5 nitrogen and oxygen atoms in total. The van der Waals surface area contributed by atoms with Crippen LogP contribution in [-0.2, 0) is 10.0 Å². The molecule has 6 heteroatoms. The first-order valence-corrected chi connectivity index (χ1v) is 9.75. The Kier molecular flexibility index (Phi) is 4.21. The smallest absolute Gasteiger partial charge is 0.243 e. The highest BCUT2D eigenvalue weighted by atomic mass is 32.2. The van der Waals surface area contributed by atoms with Crippen LogP contribution in [-0.4, -0.2) is 43.4 Å². The van der Waals surface area contributed by atoms with Gasteiger partial charge in [0.2, 0.25) is 10.0 Å². The van der Waals surface area contributed by atoms with E-state index in [-0.39, 0.29) is 0 Å². The summed E-state index contributed by atoms with van der Waals surface area (Å²) in [5.41, 5.74) is 3.27. The number of sulfonamides is 1. The van der Waals surface area contributed by atoms with E-state index in [1.807, 2.05) is 30.5 Å². The maximum atomic E-state index is 11.6. The van der Waals surface area contributed by atoms with Gasteiger partial charge in [0.25, 0.3) is 0 Å². The van der Waals surface area contributed by atoms with E-state index in [0.29, 0.717) is 6.04 Å². The molecule has 0 spiro atoms. The van der Waals surface area contributed by atoms with Crippen LogP contribution in [0.4, 0.5) is 0 Å². The average Bonchev–Trinajstić information content (AvgIpc) is 2.84. The Hall–Kier alpha value is -1.79. The molecular weight excluding hydrogens is 310 g/mol. The second kappa shape index (κ2) is 6.02. The Morgan fingerprint density at radius 2 is 1.96 bits per heavy atom. The molecule has 0 saturated heterocycles. The molecule has 3 rings (SSSR count). The van der Waals surface area contributed by atoms with Crippen molar-refractivity contribution >= 4 is 26.5 Å². The number of benzene rings is 1. The van der Waals surface area contributed by atoms with Crippen LogP contribution in [0.5, 0.6) is 0 Å². The highest BCUT2D eigenvalue weighted by Crippen LogP contribution is 2.31. The molecule has 2 aromatic rings. The van der Waals surface area contributed by atoms with E-state index in [1.54, 1.807) is 4.68 Å². The van der Waals surface area contributed by atoms with Crippen LogP contribution in [0.3, 0.4) is 0 Å². The van der Waals surface area contributed by atoms with Gasteiger partial charge in [0.1, 0.15) is 0 Å². The van der Waals surface area contributed by atoms with Gasteiger partial charge in [-0.15, -0.1) is 0 Å². The van der Waals surface area contributed by atoms with Crippen molar-refractivity contribution in [2.24, 2.45) is 0 Å². The van der Waals surface area contributed by atoms with Crippen LogP contribution >= 0.6 is 0 Å². The SMILES string of the molecule is CC(C)N1CC=C(c2cn(NS(C)(=O)=O)c3ccccc23)CC1. The number of nitrogens with zero attached hydrogens (tertiary/aromatic N) is 2. The van der Waals surface area contributed by atoms with E-state index in [0.717, 1.165) is 36.0 Å². The van der Waals surface area contributed by atoms with Crippen LogP contribution in [0.1, 0.15) is 25.8 Å². The number of hydrogen-bond donors (Lipinski definition) is 1. The lowest BCUT2D eigenvalue weighted by Gasteiger charge is -2.29. The Balaban J connectivity index is 2.02. The van der Waals surface area contributed by atoms with E-state index < -0.39 is 10.0 Å². The third kappa shape index (κ3) is 3.43. The molecular formula is C17H23N3O2S. The standard InChI is InChI=1S/C17H23N3O2S/c1-13(2)19-10-8-14(9-11-19)16-12-20(18-23(3,21)22)17-7-5-4-6-15(16)17/h4-8,12-13,18H,9-11H2,1-3H3. The number of aromatic nitrogens is 1. The maximum Gasteiger partial charge on any atom is 0.243 e. The largest absolute Gasteiger partial charge is 0.297 e. The molecule has 23 heavy (non-hydrogen) atoms. The van der Waals surface area contributed by atoms with Crippen molar-refractivity contribution in [3.05, 3.63) is 42.1 Å². The summed E-state index contributed by atoms with van der Waals surface area (Å²) in [5, 5.41) is 1.08. The van der Waals surface area contributed by atoms with Crippen LogP contribution in [0.25, 0.3) is 16.5 Å². The third-order valence-electron chi connectivity index (χ3n) is 4.29. The summed E-state index contributed by atoms with van der Waals surface area (Å²) in [5.74, 6) is 0. The third-order valence-corrected chi connectivity index (χ3v) is 4.82. The molecule has 0 unspecified atom stereocenters. The lowest BCUT2D eigenvalue weighted by atomic mass is 9.98. The van der Waals surface area contributed by atoms with Crippen LogP contribution in [0, 0.1) is 0 Å². The molecule has 0 aliphatic carbocycles. The van der Waals surface area contributed by atoms with E-state index in [2.05, 4.69) is 29.7 Å². The van der Waals surface area contributed by atoms with Gasteiger partial charge < -0.3 is 0 Å². The molecule has 0 bridgehead atoms. The van der Waals surface area contributed by atoms with Crippen molar-refractivity contribution in [1.82, 2.24) is 9.58 Å². The second-order valence-corrected chi connectivity index (χ2v) is 8.09. The van der Waals surface area contributed by atoms with Gasteiger partial charge in [0.05, 0.1) is 11.8 Å². The van der Waals surface area contributed by atoms with Gasteiger partial charge in [0, 0.05) is 36.3 Å². The van der Waals surface area contributed by atoms with E-state index >= 15 is 0 Å².